The number of allylic oxidation sites excluding steroid dienone is 3. The number of fused-ring (bicyclic) bond motifs is 3. The van der Waals surface area contributed by atoms with Gasteiger partial charge in [-0.15, -0.1) is 0 Å². The number of phenols is 1. The first kappa shape index (κ1) is 32.6. The van der Waals surface area contributed by atoms with Crippen LogP contribution in [-0.4, -0.2) is 110 Å². The third-order valence-electron chi connectivity index (χ3n) is 10.2. The zero-order valence-corrected chi connectivity index (χ0v) is 27.0. The van der Waals surface area contributed by atoms with Crippen LogP contribution in [0.4, 0.5) is 5.69 Å². The number of nitrogens with one attached hydrogen (secondary N) is 1. The number of phenolic OH excluding ortho intramolecular Hbond substituents is 1. The molecule has 2 aromatic rings. The summed E-state index contributed by atoms with van der Waals surface area (Å²) < 4.78 is 0. The summed E-state index contributed by atoms with van der Waals surface area (Å²) in [5, 5.41) is 53.8. The molecule has 7 N–H and O–H groups in total. The van der Waals surface area contributed by atoms with Crippen molar-refractivity contribution in [2.45, 2.75) is 50.1 Å². The Balaban J connectivity index is 1.45. The van der Waals surface area contributed by atoms with Crippen LogP contribution in [0, 0.1) is 17.8 Å². The maximum absolute atomic E-state index is 14.3. The summed E-state index contributed by atoms with van der Waals surface area (Å²) in [6.45, 7) is 1.42. The number of aromatic nitrogens is 2. The number of H-pyrrole nitrogens is 1. The number of hydrogen-bond acceptors (Lipinski definition) is 11. The van der Waals surface area contributed by atoms with E-state index in [9.17, 15) is 34.8 Å². The molecule has 0 spiro atoms. The molecule has 2 fully saturated rings. The second kappa shape index (κ2) is 12.1. The summed E-state index contributed by atoms with van der Waals surface area (Å²) in [5.74, 6) is -7.57. The van der Waals surface area contributed by atoms with Gasteiger partial charge in [0.05, 0.1) is 11.7 Å². The number of aliphatic hydroxyl groups is 3. The number of anilines is 1. The van der Waals surface area contributed by atoms with E-state index >= 15 is 0 Å². The standard InChI is InChI=1S/C34H42N6O7/c1-38(2)23-13-19(15-40(14-17-7-5-6-8-17)16-20-9-10-36-37-20)28(41)25-21(23)11-18-12-22-27(39(3)4)30(43)26(33(35)46)32(45)34(22,47)31(44)24(18)29(25)42/h5-7,9-10,13,18,22,26-27,30,41-43,47H,8,11-12,14-16H2,1-4H3,(H2,35,46)(H,36,37)/t18-,22-,26?,27-,30?,34-/m1/s1. The number of carbonyl (C=O) groups is 3. The first-order chi connectivity index (χ1) is 22.2. The number of primary amides is 1. The van der Waals surface area contributed by atoms with Gasteiger partial charge >= 0.3 is 0 Å². The molecule has 4 aliphatic carbocycles. The predicted octanol–water partition coefficient (Wildman–Crippen LogP) is 0.807. The number of benzene rings is 1. The van der Waals surface area contributed by atoms with Gasteiger partial charge in [-0.3, -0.25) is 24.4 Å². The number of aromatic hydroxyl groups is 1. The third kappa shape index (κ3) is 5.27. The monoisotopic (exact) mass is 646 g/mol. The molecular formula is C34H42N6O7. The normalized spacial score (nSPS) is 28.4. The van der Waals surface area contributed by atoms with Crippen molar-refractivity contribution in [3.63, 3.8) is 0 Å². The van der Waals surface area contributed by atoms with Gasteiger partial charge in [0.15, 0.2) is 11.4 Å². The molecule has 47 heavy (non-hydrogen) atoms. The Hall–Kier alpha value is -4.30. The SMILES string of the molecule is CN(C)c1cc(CN(CC2=CC=CC2)Cc2ccn[nH]2)c(O)c2c1C[C@@H]1C[C@@H]3[C@@H](N(C)C)C(O)C(C(N)=O)C(=O)[C@]3(O)C(=O)C1=C2O. The second-order valence-corrected chi connectivity index (χ2v) is 13.6. The number of likely N-dealkylation sites (N-methyl/N-ethyl adjacent to an activating group) is 1. The van der Waals surface area contributed by atoms with Crippen LogP contribution in [0.5, 0.6) is 5.75 Å². The minimum Gasteiger partial charge on any atom is -0.507 e. The van der Waals surface area contributed by atoms with Crippen LogP contribution < -0.4 is 10.6 Å². The third-order valence-corrected chi connectivity index (χ3v) is 10.2. The molecule has 1 heterocycles. The number of carbonyl (C=O) groups excluding carboxylic acids is 3. The van der Waals surface area contributed by atoms with Crippen LogP contribution in [0.25, 0.3) is 5.76 Å². The van der Waals surface area contributed by atoms with Crippen molar-refractivity contribution in [2.24, 2.45) is 23.5 Å². The summed E-state index contributed by atoms with van der Waals surface area (Å²) in [5.41, 5.74) is 6.68. The summed E-state index contributed by atoms with van der Waals surface area (Å²) in [7, 11) is 6.98. The van der Waals surface area contributed by atoms with Gasteiger partial charge in [-0.2, -0.15) is 5.10 Å². The molecule has 13 nitrogen and oxygen atoms in total. The van der Waals surface area contributed by atoms with Crippen molar-refractivity contribution in [1.29, 1.82) is 0 Å². The number of nitrogens with two attached hydrogens (primary N) is 1. The van der Waals surface area contributed by atoms with Crippen molar-refractivity contribution in [3.8, 4) is 5.75 Å². The molecule has 2 saturated carbocycles. The maximum Gasteiger partial charge on any atom is 0.230 e. The van der Waals surface area contributed by atoms with E-state index in [1.165, 1.54) is 5.57 Å². The largest absolute Gasteiger partial charge is 0.507 e. The van der Waals surface area contributed by atoms with E-state index in [4.69, 9.17) is 5.73 Å². The highest BCUT2D eigenvalue weighted by Gasteiger charge is 2.67. The van der Waals surface area contributed by atoms with Gasteiger partial charge < -0.3 is 36.0 Å². The number of rotatable bonds is 9. The van der Waals surface area contributed by atoms with Crippen LogP contribution in [0.2, 0.25) is 0 Å². The van der Waals surface area contributed by atoms with Gasteiger partial charge in [-0.25, -0.2) is 0 Å². The van der Waals surface area contributed by atoms with E-state index in [2.05, 4.69) is 27.2 Å². The molecule has 0 radical (unpaired) electrons. The molecule has 1 aromatic heterocycles. The van der Waals surface area contributed by atoms with Crippen molar-refractivity contribution in [1.82, 2.24) is 20.0 Å². The fraction of sp³-hybridized carbons (Fsp3) is 0.471. The van der Waals surface area contributed by atoms with Crippen molar-refractivity contribution in [3.05, 3.63) is 70.1 Å². The number of ketones is 2. The minimum absolute atomic E-state index is 0.0642. The molecule has 6 rings (SSSR count). The predicted molar refractivity (Wildman–Crippen MR) is 173 cm³/mol. The quantitative estimate of drug-likeness (QED) is 0.211. The van der Waals surface area contributed by atoms with Crippen molar-refractivity contribution >= 4 is 28.9 Å². The zero-order valence-electron chi connectivity index (χ0n) is 27.0. The molecule has 250 valence electrons. The van der Waals surface area contributed by atoms with Gasteiger partial charge in [0.2, 0.25) is 11.7 Å². The molecule has 0 aliphatic heterocycles. The number of hydrogen-bond donors (Lipinski definition) is 6. The Morgan fingerprint density at radius 3 is 2.49 bits per heavy atom. The lowest BCUT2D eigenvalue weighted by atomic mass is 9.54. The van der Waals surface area contributed by atoms with E-state index < -0.39 is 58.7 Å². The van der Waals surface area contributed by atoms with Gasteiger partial charge in [-0.05, 0) is 57.0 Å². The number of Topliss-reactive ketones (excluding diaryl/α,β-unsaturated/α-hetero) is 2. The maximum atomic E-state index is 14.3. The average molecular weight is 647 g/mol. The molecular weight excluding hydrogens is 604 g/mol. The van der Waals surface area contributed by atoms with Gasteiger partial charge in [-0.1, -0.05) is 23.8 Å². The fourth-order valence-electron chi connectivity index (χ4n) is 8.14. The Kier molecular flexibility index (Phi) is 8.37. The smallest absolute Gasteiger partial charge is 0.230 e. The van der Waals surface area contributed by atoms with Crippen molar-refractivity contribution in [2.75, 3.05) is 39.6 Å². The molecule has 13 heteroatoms. The first-order valence-electron chi connectivity index (χ1n) is 15.7. The second-order valence-electron chi connectivity index (χ2n) is 13.6. The summed E-state index contributed by atoms with van der Waals surface area (Å²) in [6.07, 6.45) is 7.41. The lowest BCUT2D eigenvalue weighted by Gasteiger charge is -2.53. The topological polar surface area (TPSA) is 197 Å². The Morgan fingerprint density at radius 2 is 1.89 bits per heavy atom. The van der Waals surface area contributed by atoms with E-state index in [0.717, 1.165) is 17.8 Å². The molecule has 0 saturated heterocycles. The van der Waals surface area contributed by atoms with Crippen molar-refractivity contribution < 1.29 is 34.8 Å². The molecule has 1 aromatic carbocycles. The number of aliphatic hydroxyl groups excluding tert-OH is 2. The van der Waals surface area contributed by atoms with E-state index in [1.807, 2.05) is 37.2 Å². The zero-order chi connectivity index (χ0) is 33.9. The minimum atomic E-state index is -2.70. The Morgan fingerprint density at radius 1 is 1.15 bits per heavy atom. The Labute approximate surface area is 272 Å². The fourth-order valence-corrected chi connectivity index (χ4v) is 8.14. The molecule has 2 unspecified atom stereocenters. The van der Waals surface area contributed by atoms with Crippen LogP contribution in [0.15, 0.2) is 47.7 Å². The number of nitrogens with zero attached hydrogens (tertiary/aromatic N) is 4. The van der Waals surface area contributed by atoms with Gasteiger partial charge in [0.1, 0.15) is 17.4 Å². The van der Waals surface area contributed by atoms with Gasteiger partial charge in [0, 0.05) is 74.4 Å². The van der Waals surface area contributed by atoms with Gasteiger partial charge in [0.25, 0.3) is 0 Å². The highest BCUT2D eigenvalue weighted by molar-refractivity contribution is 6.25. The first-order valence-corrected chi connectivity index (χ1v) is 15.7. The average Bonchev–Trinajstić information content (AvgIpc) is 3.70. The van der Waals surface area contributed by atoms with E-state index in [-0.39, 0.29) is 29.7 Å². The van der Waals surface area contributed by atoms with Crippen LogP contribution >= 0.6 is 0 Å². The summed E-state index contributed by atoms with van der Waals surface area (Å²) in [6, 6.07) is 2.83. The molecule has 6 atom stereocenters. The summed E-state index contributed by atoms with van der Waals surface area (Å²) in [4.78, 5) is 45.9. The highest BCUT2D eigenvalue weighted by atomic mass is 16.3. The lowest BCUT2D eigenvalue weighted by Crippen LogP contribution is -2.73. The van der Waals surface area contributed by atoms with E-state index in [1.54, 1.807) is 25.2 Å². The molecule has 1 amide bonds. The molecule has 0 bridgehead atoms. The van der Waals surface area contributed by atoms with E-state index in [0.29, 0.717) is 30.8 Å². The highest BCUT2D eigenvalue weighted by Crippen LogP contribution is 2.53. The number of amides is 1. The Bertz CT molecular complexity index is 1710. The van der Waals surface area contributed by atoms with Crippen LogP contribution in [0.1, 0.15) is 35.2 Å². The van der Waals surface area contributed by atoms with Crippen LogP contribution in [0.3, 0.4) is 0 Å². The molecule has 4 aliphatic rings. The number of aromatic amines is 1. The summed E-state index contributed by atoms with van der Waals surface area (Å²) >= 11 is 0. The van der Waals surface area contributed by atoms with Crippen LogP contribution in [-0.2, 0) is 33.9 Å². The lowest BCUT2D eigenvalue weighted by molar-refractivity contribution is -0.184.